The first kappa shape index (κ1) is 14.0. The van der Waals surface area contributed by atoms with Crippen LogP contribution >= 0.6 is 23.2 Å². The standard InChI is InChI=1S/C14H14Cl2N2O/c1-18(10-3-5-11(19-2)6-4-10)9-13-12(15)7-8-14(16)17-13/h3-8H,9H2,1-2H3. The van der Waals surface area contributed by atoms with Gasteiger partial charge in [0.25, 0.3) is 0 Å². The van der Waals surface area contributed by atoms with Crippen LogP contribution in [0, 0.1) is 0 Å². The summed E-state index contributed by atoms with van der Waals surface area (Å²) in [6.45, 7) is 0.589. The van der Waals surface area contributed by atoms with E-state index in [1.54, 1.807) is 19.2 Å². The predicted molar refractivity (Wildman–Crippen MR) is 79.4 cm³/mol. The van der Waals surface area contributed by atoms with Gasteiger partial charge >= 0.3 is 0 Å². The Hall–Kier alpha value is -1.45. The molecule has 0 aliphatic heterocycles. The molecule has 1 aromatic carbocycles. The largest absolute Gasteiger partial charge is 0.497 e. The Morgan fingerprint density at radius 1 is 1.11 bits per heavy atom. The van der Waals surface area contributed by atoms with Gasteiger partial charge in [-0.2, -0.15) is 0 Å². The number of benzene rings is 1. The van der Waals surface area contributed by atoms with E-state index in [1.807, 2.05) is 36.2 Å². The molecule has 0 aliphatic carbocycles. The molecule has 0 amide bonds. The van der Waals surface area contributed by atoms with Gasteiger partial charge in [0, 0.05) is 12.7 Å². The molecule has 3 nitrogen and oxygen atoms in total. The highest BCUT2D eigenvalue weighted by atomic mass is 35.5. The summed E-state index contributed by atoms with van der Waals surface area (Å²) in [6, 6.07) is 11.2. The number of hydrogen-bond donors (Lipinski definition) is 0. The fraction of sp³-hybridized carbons (Fsp3) is 0.214. The van der Waals surface area contributed by atoms with Gasteiger partial charge in [0.05, 0.1) is 24.4 Å². The quantitative estimate of drug-likeness (QED) is 0.797. The van der Waals surface area contributed by atoms with Crippen LogP contribution in [0.3, 0.4) is 0 Å². The first-order valence-electron chi connectivity index (χ1n) is 5.76. The van der Waals surface area contributed by atoms with Gasteiger partial charge < -0.3 is 9.64 Å². The summed E-state index contributed by atoms with van der Waals surface area (Å²) in [7, 11) is 3.62. The topological polar surface area (TPSA) is 25.4 Å². The zero-order valence-electron chi connectivity index (χ0n) is 10.7. The molecular weight excluding hydrogens is 283 g/mol. The second-order valence-electron chi connectivity index (χ2n) is 4.12. The van der Waals surface area contributed by atoms with E-state index in [4.69, 9.17) is 27.9 Å². The fourth-order valence-corrected chi connectivity index (χ4v) is 2.05. The summed E-state index contributed by atoms with van der Waals surface area (Å²) in [5.74, 6) is 0.830. The molecule has 1 aromatic heterocycles. The van der Waals surface area contributed by atoms with E-state index in [0.717, 1.165) is 17.1 Å². The monoisotopic (exact) mass is 296 g/mol. The number of pyridine rings is 1. The zero-order valence-corrected chi connectivity index (χ0v) is 12.2. The van der Waals surface area contributed by atoms with Gasteiger partial charge in [0.15, 0.2) is 0 Å². The van der Waals surface area contributed by atoms with Gasteiger partial charge in [0.1, 0.15) is 10.9 Å². The number of methoxy groups -OCH3 is 1. The van der Waals surface area contributed by atoms with Crippen LogP contribution in [0.4, 0.5) is 5.69 Å². The smallest absolute Gasteiger partial charge is 0.129 e. The highest BCUT2D eigenvalue weighted by molar-refractivity contribution is 6.32. The molecule has 0 saturated heterocycles. The van der Waals surface area contributed by atoms with E-state index in [9.17, 15) is 0 Å². The molecule has 100 valence electrons. The van der Waals surface area contributed by atoms with Crippen molar-refractivity contribution >= 4 is 28.9 Å². The molecule has 0 atom stereocenters. The van der Waals surface area contributed by atoms with Crippen LogP contribution in [-0.4, -0.2) is 19.1 Å². The summed E-state index contributed by atoms with van der Waals surface area (Å²) in [6.07, 6.45) is 0. The molecule has 2 aromatic rings. The van der Waals surface area contributed by atoms with Crippen molar-refractivity contribution in [1.82, 2.24) is 4.98 Å². The molecule has 0 bridgehead atoms. The molecule has 5 heteroatoms. The molecule has 1 heterocycles. The second kappa shape index (κ2) is 6.13. The maximum Gasteiger partial charge on any atom is 0.129 e. The van der Waals surface area contributed by atoms with Gasteiger partial charge in [0.2, 0.25) is 0 Å². The number of rotatable bonds is 4. The molecule has 0 radical (unpaired) electrons. The second-order valence-corrected chi connectivity index (χ2v) is 4.91. The molecule has 0 N–H and O–H groups in total. The van der Waals surface area contributed by atoms with Crippen LogP contribution in [0.5, 0.6) is 5.75 Å². The van der Waals surface area contributed by atoms with Crippen molar-refractivity contribution in [1.29, 1.82) is 0 Å². The van der Waals surface area contributed by atoms with Gasteiger partial charge in [-0.3, -0.25) is 0 Å². The van der Waals surface area contributed by atoms with E-state index in [2.05, 4.69) is 4.98 Å². The van der Waals surface area contributed by atoms with Crippen molar-refractivity contribution in [3.8, 4) is 5.75 Å². The number of halogens is 2. The lowest BCUT2D eigenvalue weighted by molar-refractivity contribution is 0.415. The molecule has 0 fully saturated rings. The number of ether oxygens (including phenoxy) is 1. The van der Waals surface area contributed by atoms with E-state index < -0.39 is 0 Å². The Kier molecular flexibility index (Phi) is 4.51. The molecule has 0 aliphatic rings. The number of anilines is 1. The molecule has 0 spiro atoms. The van der Waals surface area contributed by atoms with E-state index >= 15 is 0 Å². The normalized spacial score (nSPS) is 10.3. The van der Waals surface area contributed by atoms with E-state index in [0.29, 0.717) is 16.7 Å². The molecule has 0 unspecified atom stereocenters. The van der Waals surface area contributed by atoms with Crippen molar-refractivity contribution < 1.29 is 4.74 Å². The van der Waals surface area contributed by atoms with Crippen LogP contribution in [0.25, 0.3) is 0 Å². The summed E-state index contributed by atoms with van der Waals surface area (Å²) in [4.78, 5) is 6.28. The average Bonchev–Trinajstić information content (AvgIpc) is 2.43. The summed E-state index contributed by atoms with van der Waals surface area (Å²) in [5, 5.41) is 1.06. The third kappa shape index (κ3) is 3.52. The Bertz CT molecular complexity index is 558. The lowest BCUT2D eigenvalue weighted by atomic mass is 10.2. The first-order valence-corrected chi connectivity index (χ1v) is 6.52. The zero-order chi connectivity index (χ0) is 13.8. The highest BCUT2D eigenvalue weighted by Crippen LogP contribution is 2.22. The minimum Gasteiger partial charge on any atom is -0.497 e. The van der Waals surface area contributed by atoms with Gasteiger partial charge in [-0.05, 0) is 36.4 Å². The summed E-state index contributed by atoms with van der Waals surface area (Å²) >= 11 is 12.0. The Morgan fingerprint density at radius 3 is 2.42 bits per heavy atom. The van der Waals surface area contributed by atoms with Gasteiger partial charge in [-0.15, -0.1) is 0 Å². The minimum atomic E-state index is 0.447. The van der Waals surface area contributed by atoms with E-state index in [1.165, 1.54) is 0 Å². The fourth-order valence-electron chi connectivity index (χ4n) is 1.72. The third-order valence-corrected chi connectivity index (χ3v) is 3.34. The van der Waals surface area contributed by atoms with Crippen molar-refractivity contribution in [3.63, 3.8) is 0 Å². The van der Waals surface area contributed by atoms with Crippen molar-refractivity contribution in [2.45, 2.75) is 6.54 Å². The average molecular weight is 297 g/mol. The number of hydrogen-bond acceptors (Lipinski definition) is 3. The van der Waals surface area contributed by atoms with Crippen molar-refractivity contribution in [3.05, 3.63) is 52.3 Å². The molecule has 0 saturated carbocycles. The number of nitrogens with zero attached hydrogens (tertiary/aromatic N) is 2. The summed E-state index contributed by atoms with van der Waals surface area (Å²) < 4.78 is 5.13. The van der Waals surface area contributed by atoms with Crippen molar-refractivity contribution in [2.24, 2.45) is 0 Å². The minimum absolute atomic E-state index is 0.447. The molecule has 19 heavy (non-hydrogen) atoms. The van der Waals surface area contributed by atoms with Crippen LogP contribution < -0.4 is 9.64 Å². The summed E-state index contributed by atoms with van der Waals surface area (Å²) in [5.41, 5.74) is 1.81. The third-order valence-electron chi connectivity index (χ3n) is 2.78. The Balaban J connectivity index is 2.15. The Labute approximate surface area is 122 Å². The maximum absolute atomic E-state index is 6.11. The maximum atomic E-state index is 6.11. The van der Waals surface area contributed by atoms with Crippen LogP contribution in [0.15, 0.2) is 36.4 Å². The van der Waals surface area contributed by atoms with Crippen LogP contribution in [0.2, 0.25) is 10.2 Å². The van der Waals surface area contributed by atoms with E-state index in [-0.39, 0.29) is 0 Å². The van der Waals surface area contributed by atoms with Crippen molar-refractivity contribution in [2.75, 3.05) is 19.1 Å². The molecular formula is C14H14Cl2N2O. The van der Waals surface area contributed by atoms with Crippen LogP contribution in [-0.2, 0) is 6.54 Å². The highest BCUT2D eigenvalue weighted by Gasteiger charge is 2.08. The number of aromatic nitrogens is 1. The predicted octanol–water partition coefficient (Wildman–Crippen LogP) is 4.03. The molecule has 2 rings (SSSR count). The van der Waals surface area contributed by atoms with Gasteiger partial charge in [-0.25, -0.2) is 4.98 Å². The van der Waals surface area contributed by atoms with Gasteiger partial charge in [-0.1, -0.05) is 23.2 Å². The SMILES string of the molecule is COc1ccc(N(C)Cc2nc(Cl)ccc2Cl)cc1. The lowest BCUT2D eigenvalue weighted by Gasteiger charge is -2.19. The first-order chi connectivity index (χ1) is 9.10. The Morgan fingerprint density at radius 2 is 1.79 bits per heavy atom. The lowest BCUT2D eigenvalue weighted by Crippen LogP contribution is -2.17. The van der Waals surface area contributed by atoms with Crippen LogP contribution in [0.1, 0.15) is 5.69 Å².